The normalized spacial score (nSPS) is 21.4. The van der Waals surface area contributed by atoms with Crippen molar-refractivity contribution in [1.82, 2.24) is 19.7 Å². The Bertz CT molecular complexity index is 553. The molecular formula is C10H12N4O2. The Labute approximate surface area is 91.3 Å². The zero-order valence-electron chi connectivity index (χ0n) is 8.72. The van der Waals surface area contributed by atoms with Crippen molar-refractivity contribution in [1.29, 1.82) is 0 Å². The number of fused-ring (bicyclic) bond motifs is 1. The molecule has 3 rings (SSSR count). The number of ether oxygens (including phenoxy) is 1. The number of H-pyrrole nitrogens is 1. The second-order valence-electron chi connectivity index (χ2n) is 3.88. The molecule has 2 aromatic rings. The van der Waals surface area contributed by atoms with E-state index in [-0.39, 0.29) is 11.8 Å². The maximum atomic E-state index is 11.5. The summed E-state index contributed by atoms with van der Waals surface area (Å²) in [7, 11) is 0. The summed E-state index contributed by atoms with van der Waals surface area (Å²) in [6.07, 6.45) is 5.98. The average molecular weight is 220 g/mol. The van der Waals surface area contributed by atoms with Gasteiger partial charge in [-0.25, -0.2) is 9.67 Å². The van der Waals surface area contributed by atoms with Crippen LogP contribution in [0.15, 0.2) is 17.3 Å². The van der Waals surface area contributed by atoms with Gasteiger partial charge in [-0.15, -0.1) is 0 Å². The van der Waals surface area contributed by atoms with Gasteiger partial charge in [-0.1, -0.05) is 0 Å². The van der Waals surface area contributed by atoms with Crippen molar-refractivity contribution >= 4 is 11.0 Å². The molecule has 84 valence electrons. The van der Waals surface area contributed by atoms with Gasteiger partial charge >= 0.3 is 0 Å². The summed E-state index contributed by atoms with van der Waals surface area (Å²) < 4.78 is 7.32. The molecule has 6 heteroatoms. The van der Waals surface area contributed by atoms with Crippen LogP contribution < -0.4 is 5.56 Å². The Kier molecular flexibility index (Phi) is 2.21. The first-order valence-electron chi connectivity index (χ1n) is 5.39. The van der Waals surface area contributed by atoms with Crippen molar-refractivity contribution in [2.45, 2.75) is 25.5 Å². The molecule has 0 saturated carbocycles. The number of hydrogen-bond donors (Lipinski definition) is 1. The molecule has 2 aromatic heterocycles. The monoisotopic (exact) mass is 220 g/mol. The fourth-order valence-electron chi connectivity index (χ4n) is 2.00. The minimum Gasteiger partial charge on any atom is -0.356 e. The predicted octanol–water partition coefficient (Wildman–Crippen LogP) is 0.819. The van der Waals surface area contributed by atoms with Crippen LogP contribution in [0.5, 0.6) is 0 Å². The van der Waals surface area contributed by atoms with Crippen molar-refractivity contribution in [3.8, 4) is 0 Å². The highest BCUT2D eigenvalue weighted by Gasteiger charge is 2.19. The molecule has 1 atom stereocenters. The minimum atomic E-state index is -0.160. The lowest BCUT2D eigenvalue weighted by atomic mass is 10.2. The number of aromatic amines is 1. The van der Waals surface area contributed by atoms with Gasteiger partial charge in [0.25, 0.3) is 5.56 Å². The molecule has 3 heterocycles. The van der Waals surface area contributed by atoms with Gasteiger partial charge < -0.3 is 9.72 Å². The maximum Gasteiger partial charge on any atom is 0.261 e. The summed E-state index contributed by atoms with van der Waals surface area (Å²) in [4.78, 5) is 18.2. The third-order valence-corrected chi connectivity index (χ3v) is 2.82. The van der Waals surface area contributed by atoms with Crippen molar-refractivity contribution in [2.75, 3.05) is 6.61 Å². The van der Waals surface area contributed by atoms with Gasteiger partial charge in [0, 0.05) is 6.61 Å². The zero-order valence-corrected chi connectivity index (χ0v) is 8.72. The highest BCUT2D eigenvalue weighted by molar-refractivity contribution is 5.72. The summed E-state index contributed by atoms with van der Waals surface area (Å²) in [6, 6.07) is 0. The fraction of sp³-hybridized carbons (Fsp3) is 0.500. The van der Waals surface area contributed by atoms with E-state index in [4.69, 9.17) is 4.74 Å². The Morgan fingerprint density at radius 2 is 2.44 bits per heavy atom. The SMILES string of the molecule is O=c1[nH]cnc2c1cnn2[C@@H]1CCCCO1. The first kappa shape index (κ1) is 9.53. The van der Waals surface area contributed by atoms with E-state index in [2.05, 4.69) is 15.1 Å². The quantitative estimate of drug-likeness (QED) is 0.772. The number of rotatable bonds is 1. The van der Waals surface area contributed by atoms with Gasteiger partial charge in [0.1, 0.15) is 5.39 Å². The van der Waals surface area contributed by atoms with Crippen LogP contribution in [0.4, 0.5) is 0 Å². The second-order valence-corrected chi connectivity index (χ2v) is 3.88. The molecule has 1 saturated heterocycles. The number of hydrogen-bond acceptors (Lipinski definition) is 4. The van der Waals surface area contributed by atoms with E-state index in [0.717, 1.165) is 25.9 Å². The van der Waals surface area contributed by atoms with Gasteiger partial charge in [-0.2, -0.15) is 5.10 Å². The van der Waals surface area contributed by atoms with Crippen LogP contribution in [0.3, 0.4) is 0 Å². The molecule has 1 fully saturated rings. The molecule has 0 bridgehead atoms. The summed E-state index contributed by atoms with van der Waals surface area (Å²) in [5, 5.41) is 4.70. The lowest BCUT2D eigenvalue weighted by Gasteiger charge is -2.22. The van der Waals surface area contributed by atoms with E-state index in [0.29, 0.717) is 11.0 Å². The molecule has 0 amide bonds. The lowest BCUT2D eigenvalue weighted by Crippen LogP contribution is -2.19. The van der Waals surface area contributed by atoms with Crippen molar-refractivity contribution < 1.29 is 4.74 Å². The van der Waals surface area contributed by atoms with Crippen molar-refractivity contribution in [3.63, 3.8) is 0 Å². The molecule has 1 aliphatic rings. The van der Waals surface area contributed by atoms with E-state index >= 15 is 0 Å². The Hall–Kier alpha value is -1.69. The fourth-order valence-corrected chi connectivity index (χ4v) is 2.00. The minimum absolute atomic E-state index is 0.0828. The topological polar surface area (TPSA) is 72.8 Å². The van der Waals surface area contributed by atoms with Crippen LogP contribution in [-0.4, -0.2) is 26.4 Å². The molecule has 0 aliphatic carbocycles. The molecule has 1 N–H and O–H groups in total. The summed E-state index contributed by atoms with van der Waals surface area (Å²) in [5.41, 5.74) is 0.433. The van der Waals surface area contributed by atoms with Crippen LogP contribution in [0.2, 0.25) is 0 Å². The van der Waals surface area contributed by atoms with Gasteiger partial charge in [-0.05, 0) is 19.3 Å². The van der Waals surface area contributed by atoms with Crippen molar-refractivity contribution in [2.24, 2.45) is 0 Å². The largest absolute Gasteiger partial charge is 0.356 e. The smallest absolute Gasteiger partial charge is 0.261 e. The van der Waals surface area contributed by atoms with Crippen LogP contribution in [0, 0.1) is 0 Å². The van der Waals surface area contributed by atoms with Crippen LogP contribution in [0.1, 0.15) is 25.5 Å². The number of aromatic nitrogens is 4. The third kappa shape index (κ3) is 1.42. The van der Waals surface area contributed by atoms with Gasteiger partial charge in [0.15, 0.2) is 11.9 Å². The van der Waals surface area contributed by atoms with Crippen LogP contribution in [-0.2, 0) is 4.74 Å². The van der Waals surface area contributed by atoms with Crippen LogP contribution in [0.25, 0.3) is 11.0 Å². The maximum absolute atomic E-state index is 11.5. The van der Waals surface area contributed by atoms with E-state index < -0.39 is 0 Å². The Balaban J connectivity index is 2.10. The van der Waals surface area contributed by atoms with E-state index in [1.807, 2.05) is 0 Å². The zero-order chi connectivity index (χ0) is 11.0. The summed E-state index contributed by atoms with van der Waals surface area (Å²) >= 11 is 0. The highest BCUT2D eigenvalue weighted by atomic mass is 16.5. The average Bonchev–Trinajstić information content (AvgIpc) is 2.75. The standard InChI is InChI=1S/C10H12N4O2/c15-10-7-5-13-14(9(7)11-6-12-10)8-3-1-2-4-16-8/h5-6,8H,1-4H2,(H,11,12,15)/t8-/m0/s1. The summed E-state index contributed by atoms with van der Waals surface area (Å²) in [5.74, 6) is 0. The molecule has 0 unspecified atom stereocenters. The van der Waals surface area contributed by atoms with E-state index in [9.17, 15) is 4.79 Å². The molecular weight excluding hydrogens is 208 g/mol. The molecule has 6 nitrogen and oxygen atoms in total. The van der Waals surface area contributed by atoms with Crippen LogP contribution >= 0.6 is 0 Å². The molecule has 0 aromatic carbocycles. The number of nitrogens with zero attached hydrogens (tertiary/aromatic N) is 3. The number of nitrogens with one attached hydrogen (secondary N) is 1. The third-order valence-electron chi connectivity index (χ3n) is 2.82. The molecule has 16 heavy (non-hydrogen) atoms. The predicted molar refractivity (Wildman–Crippen MR) is 57.0 cm³/mol. The van der Waals surface area contributed by atoms with E-state index in [1.54, 1.807) is 10.9 Å². The molecule has 0 spiro atoms. The van der Waals surface area contributed by atoms with Gasteiger partial charge in [0.2, 0.25) is 0 Å². The first-order chi connectivity index (χ1) is 7.86. The molecule has 0 radical (unpaired) electrons. The summed E-state index contributed by atoms with van der Waals surface area (Å²) in [6.45, 7) is 0.745. The Morgan fingerprint density at radius 1 is 1.50 bits per heavy atom. The van der Waals surface area contributed by atoms with E-state index in [1.165, 1.54) is 6.33 Å². The lowest BCUT2D eigenvalue weighted by molar-refractivity contribution is -0.0370. The molecule has 1 aliphatic heterocycles. The van der Waals surface area contributed by atoms with Gasteiger partial charge in [0.05, 0.1) is 12.5 Å². The first-order valence-corrected chi connectivity index (χ1v) is 5.39. The van der Waals surface area contributed by atoms with Crippen molar-refractivity contribution in [3.05, 3.63) is 22.9 Å². The Morgan fingerprint density at radius 3 is 3.25 bits per heavy atom. The second kappa shape index (κ2) is 3.71. The highest BCUT2D eigenvalue weighted by Crippen LogP contribution is 2.23. The van der Waals surface area contributed by atoms with Gasteiger partial charge in [-0.3, -0.25) is 4.79 Å².